The van der Waals surface area contributed by atoms with Crippen LogP contribution in [0.5, 0.6) is 11.5 Å². The zero-order chi connectivity index (χ0) is 20.1. The van der Waals surface area contributed by atoms with Crippen molar-refractivity contribution in [3.8, 4) is 11.5 Å². The van der Waals surface area contributed by atoms with E-state index in [-0.39, 0.29) is 23.8 Å². The van der Waals surface area contributed by atoms with Crippen LogP contribution in [0.2, 0.25) is 0 Å². The van der Waals surface area contributed by atoms with Crippen LogP contribution in [0.3, 0.4) is 0 Å². The molecule has 3 rings (SSSR count). The number of carbonyl (C=O) groups excluding carboxylic acids is 1. The van der Waals surface area contributed by atoms with E-state index < -0.39 is 0 Å². The molecule has 1 fully saturated rings. The summed E-state index contributed by atoms with van der Waals surface area (Å²) in [5.41, 5.74) is 1.95. The third-order valence-electron chi connectivity index (χ3n) is 5.26. The van der Waals surface area contributed by atoms with Crippen molar-refractivity contribution in [2.24, 2.45) is 0 Å². The van der Waals surface area contributed by atoms with Crippen LogP contribution in [0.25, 0.3) is 0 Å². The molecule has 1 amide bonds. The maximum absolute atomic E-state index is 13.1. The van der Waals surface area contributed by atoms with Gasteiger partial charge in [0.2, 0.25) is 5.91 Å². The minimum atomic E-state index is -0.282. The van der Waals surface area contributed by atoms with Crippen molar-refractivity contribution in [1.29, 1.82) is 0 Å². The summed E-state index contributed by atoms with van der Waals surface area (Å²) in [6.45, 7) is 3.07. The number of hydrogen-bond donors (Lipinski definition) is 1. The smallest absolute Gasteiger partial charge is 0.234 e. The van der Waals surface area contributed by atoms with E-state index in [2.05, 4.69) is 10.2 Å². The highest BCUT2D eigenvalue weighted by Gasteiger charge is 2.30. The van der Waals surface area contributed by atoms with E-state index in [1.165, 1.54) is 12.1 Å². The first-order chi connectivity index (χ1) is 13.5. The summed E-state index contributed by atoms with van der Waals surface area (Å²) in [7, 11) is 3.28. The highest BCUT2D eigenvalue weighted by atomic mass is 19.1. The lowest BCUT2D eigenvalue weighted by Gasteiger charge is -2.26. The Morgan fingerprint density at radius 1 is 1.21 bits per heavy atom. The van der Waals surface area contributed by atoms with Crippen LogP contribution >= 0.6 is 0 Å². The fourth-order valence-corrected chi connectivity index (χ4v) is 3.77. The Morgan fingerprint density at radius 2 is 1.96 bits per heavy atom. The summed E-state index contributed by atoms with van der Waals surface area (Å²) in [5, 5.41) is 3.01. The van der Waals surface area contributed by atoms with Gasteiger partial charge in [-0.05, 0) is 50.1 Å². The Bertz CT molecular complexity index is 810. The molecule has 5 nitrogen and oxygen atoms in total. The molecule has 0 aromatic heterocycles. The molecule has 0 unspecified atom stereocenters. The lowest BCUT2D eigenvalue weighted by atomic mass is 10.0. The highest BCUT2D eigenvalue weighted by Crippen LogP contribution is 2.38. The van der Waals surface area contributed by atoms with Crippen molar-refractivity contribution >= 4 is 5.91 Å². The Morgan fingerprint density at radius 3 is 2.64 bits per heavy atom. The predicted molar refractivity (Wildman–Crippen MR) is 106 cm³/mol. The molecule has 2 aromatic rings. The molecule has 0 aliphatic carbocycles. The third kappa shape index (κ3) is 4.62. The molecule has 1 heterocycles. The Labute approximate surface area is 165 Å². The van der Waals surface area contributed by atoms with E-state index in [1.807, 2.05) is 25.1 Å². The van der Waals surface area contributed by atoms with E-state index >= 15 is 0 Å². The number of nitrogens with one attached hydrogen (secondary N) is 1. The standard InChI is InChI=1S/C22H27FN2O3/c1-15(16-6-8-17(23)9-7-16)24-22(26)14-25-12-4-5-20(25)19-11-10-18(27-2)13-21(19)28-3/h6-11,13,15,20H,4-5,12,14H2,1-3H3,(H,24,26)/t15-,20+/m0/s1. The zero-order valence-corrected chi connectivity index (χ0v) is 16.6. The molecule has 2 aromatic carbocycles. The quantitative estimate of drug-likeness (QED) is 0.785. The van der Waals surface area contributed by atoms with Gasteiger partial charge < -0.3 is 14.8 Å². The highest BCUT2D eigenvalue weighted by molar-refractivity contribution is 5.78. The molecule has 6 heteroatoms. The van der Waals surface area contributed by atoms with Crippen molar-refractivity contribution in [1.82, 2.24) is 10.2 Å². The molecule has 0 bridgehead atoms. The minimum absolute atomic E-state index is 0.0452. The normalized spacial score (nSPS) is 17.9. The van der Waals surface area contributed by atoms with Crippen molar-refractivity contribution in [2.75, 3.05) is 27.3 Å². The topological polar surface area (TPSA) is 50.8 Å². The summed E-state index contributed by atoms with van der Waals surface area (Å²) in [6, 6.07) is 12.0. The molecule has 0 spiro atoms. The van der Waals surface area contributed by atoms with Crippen LogP contribution < -0.4 is 14.8 Å². The number of amides is 1. The van der Waals surface area contributed by atoms with Crippen molar-refractivity contribution < 1.29 is 18.7 Å². The van der Waals surface area contributed by atoms with E-state index in [0.29, 0.717) is 6.54 Å². The summed E-state index contributed by atoms with van der Waals surface area (Å²) >= 11 is 0. The van der Waals surface area contributed by atoms with Gasteiger partial charge in [-0.2, -0.15) is 0 Å². The number of likely N-dealkylation sites (tertiary alicyclic amines) is 1. The number of carbonyl (C=O) groups is 1. The van der Waals surface area contributed by atoms with Gasteiger partial charge in [-0.1, -0.05) is 18.2 Å². The number of hydrogen-bond acceptors (Lipinski definition) is 4. The number of ether oxygens (including phenoxy) is 2. The van der Waals surface area contributed by atoms with Gasteiger partial charge in [0.15, 0.2) is 0 Å². The first-order valence-corrected chi connectivity index (χ1v) is 9.52. The largest absolute Gasteiger partial charge is 0.497 e. The Balaban J connectivity index is 1.66. The van der Waals surface area contributed by atoms with Gasteiger partial charge in [0.25, 0.3) is 0 Å². The molecular formula is C22H27FN2O3. The predicted octanol–water partition coefficient (Wildman–Crippen LogP) is 3.86. The number of halogens is 1. The number of nitrogens with zero attached hydrogens (tertiary/aromatic N) is 1. The maximum atomic E-state index is 13.1. The first-order valence-electron chi connectivity index (χ1n) is 9.52. The summed E-state index contributed by atoms with van der Waals surface area (Å²) in [4.78, 5) is 14.8. The molecule has 150 valence electrons. The summed E-state index contributed by atoms with van der Waals surface area (Å²) in [6.07, 6.45) is 2.00. The lowest BCUT2D eigenvalue weighted by molar-refractivity contribution is -0.123. The van der Waals surface area contributed by atoms with Gasteiger partial charge in [0.05, 0.1) is 26.8 Å². The van der Waals surface area contributed by atoms with E-state index in [4.69, 9.17) is 9.47 Å². The van der Waals surface area contributed by atoms with E-state index in [9.17, 15) is 9.18 Å². The van der Waals surface area contributed by atoms with Crippen LogP contribution in [0.15, 0.2) is 42.5 Å². The van der Waals surface area contributed by atoms with Gasteiger partial charge >= 0.3 is 0 Å². The average Bonchev–Trinajstić information content (AvgIpc) is 3.15. The van der Waals surface area contributed by atoms with Crippen LogP contribution in [0.1, 0.15) is 43.0 Å². The zero-order valence-electron chi connectivity index (χ0n) is 16.6. The molecule has 1 saturated heterocycles. The van der Waals surface area contributed by atoms with Gasteiger partial charge in [0.1, 0.15) is 17.3 Å². The molecule has 0 saturated carbocycles. The second kappa shape index (κ2) is 9.06. The third-order valence-corrected chi connectivity index (χ3v) is 5.26. The molecule has 1 aliphatic rings. The van der Waals surface area contributed by atoms with Crippen LogP contribution in [-0.4, -0.2) is 38.1 Å². The van der Waals surface area contributed by atoms with Crippen LogP contribution in [0, 0.1) is 5.82 Å². The van der Waals surface area contributed by atoms with Crippen LogP contribution in [-0.2, 0) is 4.79 Å². The fraction of sp³-hybridized carbons (Fsp3) is 0.409. The number of methoxy groups -OCH3 is 2. The van der Waals surface area contributed by atoms with E-state index in [1.54, 1.807) is 26.4 Å². The molecule has 1 aliphatic heterocycles. The summed E-state index contributed by atoms with van der Waals surface area (Å²) in [5.74, 6) is 1.19. The number of benzene rings is 2. The Hall–Kier alpha value is -2.60. The summed E-state index contributed by atoms with van der Waals surface area (Å²) < 4.78 is 23.9. The Kier molecular flexibility index (Phi) is 6.52. The second-order valence-electron chi connectivity index (χ2n) is 7.08. The lowest BCUT2D eigenvalue weighted by Crippen LogP contribution is -2.38. The number of rotatable bonds is 7. The monoisotopic (exact) mass is 386 g/mol. The van der Waals surface area contributed by atoms with E-state index in [0.717, 1.165) is 42.0 Å². The minimum Gasteiger partial charge on any atom is -0.497 e. The first kappa shape index (κ1) is 20.1. The molecule has 2 atom stereocenters. The fourth-order valence-electron chi connectivity index (χ4n) is 3.77. The average molecular weight is 386 g/mol. The van der Waals surface area contributed by atoms with Gasteiger partial charge in [0, 0.05) is 17.7 Å². The molecule has 1 N–H and O–H groups in total. The van der Waals surface area contributed by atoms with Crippen LogP contribution in [0.4, 0.5) is 4.39 Å². The molecule has 28 heavy (non-hydrogen) atoms. The SMILES string of the molecule is COc1ccc([C@H]2CCCN2CC(=O)N[C@@H](C)c2ccc(F)cc2)c(OC)c1. The molecular weight excluding hydrogens is 359 g/mol. The van der Waals surface area contributed by atoms with Gasteiger partial charge in [-0.25, -0.2) is 4.39 Å². The maximum Gasteiger partial charge on any atom is 0.234 e. The second-order valence-corrected chi connectivity index (χ2v) is 7.08. The van der Waals surface area contributed by atoms with Crippen molar-refractivity contribution in [3.05, 3.63) is 59.4 Å². The van der Waals surface area contributed by atoms with Crippen molar-refractivity contribution in [2.45, 2.75) is 31.8 Å². The van der Waals surface area contributed by atoms with Gasteiger partial charge in [-0.15, -0.1) is 0 Å². The van der Waals surface area contributed by atoms with Crippen molar-refractivity contribution in [3.63, 3.8) is 0 Å². The van der Waals surface area contributed by atoms with Gasteiger partial charge in [-0.3, -0.25) is 9.69 Å². The molecule has 0 radical (unpaired) electrons.